The third kappa shape index (κ3) is 1.02. The van der Waals surface area contributed by atoms with Gasteiger partial charge in [-0.1, -0.05) is 18.2 Å². The first kappa shape index (κ1) is 8.44. The highest BCUT2D eigenvalue weighted by Crippen LogP contribution is 2.59. The number of phenols is 1. The third-order valence-electron chi connectivity index (χ3n) is 2.41. The van der Waals surface area contributed by atoms with Gasteiger partial charge in [0.2, 0.25) is 0 Å². The van der Waals surface area contributed by atoms with Gasteiger partial charge >= 0.3 is 0 Å². The summed E-state index contributed by atoms with van der Waals surface area (Å²) in [5, 5.41) is 9.31. The highest BCUT2D eigenvalue weighted by Gasteiger charge is 2.70. The van der Waals surface area contributed by atoms with Gasteiger partial charge in [0, 0.05) is 12.0 Å². The molecule has 0 aliphatic heterocycles. The molecule has 1 aromatic rings. The van der Waals surface area contributed by atoms with E-state index < -0.39 is 17.9 Å². The second-order valence-corrected chi connectivity index (χ2v) is 3.37. The number of rotatable bonds is 1. The molecule has 0 aromatic heterocycles. The Balaban J connectivity index is 2.44. The van der Waals surface area contributed by atoms with Crippen LogP contribution < -0.4 is 5.73 Å². The van der Waals surface area contributed by atoms with Crippen LogP contribution in [0, 0.1) is 0 Å². The zero-order valence-corrected chi connectivity index (χ0v) is 6.80. The van der Waals surface area contributed by atoms with Gasteiger partial charge in [0.15, 0.2) is 0 Å². The molecule has 1 atom stereocenters. The molecule has 2 rings (SSSR count). The monoisotopic (exact) mass is 185 g/mol. The van der Waals surface area contributed by atoms with E-state index in [-0.39, 0.29) is 11.3 Å². The SMILES string of the molecule is NC1(c2ccccc2O)CC1(F)F. The van der Waals surface area contributed by atoms with Crippen LogP contribution in [0.25, 0.3) is 0 Å². The summed E-state index contributed by atoms with van der Waals surface area (Å²) >= 11 is 0. The van der Waals surface area contributed by atoms with E-state index in [0.717, 1.165) is 0 Å². The first-order chi connectivity index (χ1) is 5.97. The molecule has 1 aliphatic rings. The van der Waals surface area contributed by atoms with Crippen LogP contribution in [-0.2, 0) is 5.54 Å². The molecule has 0 heterocycles. The zero-order valence-electron chi connectivity index (χ0n) is 6.80. The molecule has 1 aromatic carbocycles. The van der Waals surface area contributed by atoms with Gasteiger partial charge in [0.05, 0.1) is 0 Å². The number of benzene rings is 1. The average Bonchev–Trinajstić information content (AvgIpc) is 2.53. The molecule has 0 radical (unpaired) electrons. The summed E-state index contributed by atoms with van der Waals surface area (Å²) in [7, 11) is 0. The van der Waals surface area contributed by atoms with Crippen molar-refractivity contribution in [2.75, 3.05) is 0 Å². The fraction of sp³-hybridized carbons (Fsp3) is 0.333. The van der Waals surface area contributed by atoms with E-state index in [1.165, 1.54) is 12.1 Å². The first-order valence-corrected chi connectivity index (χ1v) is 3.92. The van der Waals surface area contributed by atoms with Crippen LogP contribution in [0.2, 0.25) is 0 Å². The van der Waals surface area contributed by atoms with Crippen molar-refractivity contribution in [3.8, 4) is 5.75 Å². The number of alkyl halides is 2. The molecule has 1 saturated carbocycles. The summed E-state index contributed by atoms with van der Waals surface area (Å²) in [5.74, 6) is -3.05. The highest BCUT2D eigenvalue weighted by atomic mass is 19.3. The molecule has 1 aliphatic carbocycles. The molecule has 4 heteroatoms. The minimum atomic E-state index is -2.88. The maximum absolute atomic E-state index is 12.8. The van der Waals surface area contributed by atoms with E-state index in [2.05, 4.69) is 0 Å². The maximum atomic E-state index is 12.8. The van der Waals surface area contributed by atoms with Gasteiger partial charge in [-0.05, 0) is 6.07 Å². The minimum absolute atomic E-state index is 0.125. The van der Waals surface area contributed by atoms with Gasteiger partial charge in [0.1, 0.15) is 11.3 Å². The van der Waals surface area contributed by atoms with Crippen LogP contribution in [0.4, 0.5) is 8.78 Å². The van der Waals surface area contributed by atoms with E-state index in [9.17, 15) is 13.9 Å². The lowest BCUT2D eigenvalue weighted by Crippen LogP contribution is -2.27. The van der Waals surface area contributed by atoms with Crippen molar-refractivity contribution >= 4 is 0 Å². The molecule has 0 saturated heterocycles. The quantitative estimate of drug-likeness (QED) is 0.697. The van der Waals surface area contributed by atoms with E-state index in [1.54, 1.807) is 12.1 Å². The molecular weight excluding hydrogens is 176 g/mol. The van der Waals surface area contributed by atoms with Crippen molar-refractivity contribution in [1.29, 1.82) is 0 Å². The number of para-hydroxylation sites is 1. The Hall–Kier alpha value is -1.16. The lowest BCUT2D eigenvalue weighted by atomic mass is 10.0. The first-order valence-electron chi connectivity index (χ1n) is 3.92. The normalized spacial score (nSPS) is 30.1. The maximum Gasteiger partial charge on any atom is 0.272 e. The van der Waals surface area contributed by atoms with Crippen LogP contribution in [0.5, 0.6) is 5.75 Å². The number of hydrogen-bond donors (Lipinski definition) is 2. The molecule has 0 spiro atoms. The number of hydrogen-bond acceptors (Lipinski definition) is 2. The predicted octanol–water partition coefficient (Wildman–Crippen LogP) is 1.59. The smallest absolute Gasteiger partial charge is 0.272 e. The summed E-state index contributed by atoms with van der Waals surface area (Å²) in [6.45, 7) is 0. The Morgan fingerprint density at radius 2 is 1.85 bits per heavy atom. The number of phenolic OH excluding ortho intramolecular Hbond substituents is 1. The van der Waals surface area contributed by atoms with E-state index in [0.29, 0.717) is 0 Å². The van der Waals surface area contributed by atoms with E-state index in [4.69, 9.17) is 5.73 Å². The highest BCUT2D eigenvalue weighted by molar-refractivity contribution is 5.44. The minimum Gasteiger partial charge on any atom is -0.508 e. The molecule has 0 bridgehead atoms. The van der Waals surface area contributed by atoms with Crippen molar-refractivity contribution in [2.24, 2.45) is 5.73 Å². The molecule has 70 valence electrons. The molecule has 1 unspecified atom stereocenters. The summed E-state index contributed by atoms with van der Waals surface area (Å²) in [5.41, 5.74) is 3.91. The van der Waals surface area contributed by atoms with Gasteiger partial charge in [-0.2, -0.15) is 0 Å². The van der Waals surface area contributed by atoms with Crippen molar-refractivity contribution in [1.82, 2.24) is 0 Å². The fourth-order valence-electron chi connectivity index (χ4n) is 1.45. The summed E-state index contributed by atoms with van der Waals surface area (Å²) in [6.07, 6.45) is -0.391. The van der Waals surface area contributed by atoms with Crippen LogP contribution in [0.15, 0.2) is 24.3 Å². The molecule has 13 heavy (non-hydrogen) atoms. The Bertz CT molecular complexity index is 353. The lowest BCUT2D eigenvalue weighted by molar-refractivity contribution is 0.0884. The number of halogens is 2. The second kappa shape index (κ2) is 2.20. The van der Waals surface area contributed by atoms with Crippen LogP contribution in [0.3, 0.4) is 0 Å². The second-order valence-electron chi connectivity index (χ2n) is 3.37. The standard InChI is InChI=1S/C9H9F2NO/c10-9(11)5-8(9,12)6-3-1-2-4-7(6)13/h1-4,13H,5,12H2. The topological polar surface area (TPSA) is 46.2 Å². The van der Waals surface area contributed by atoms with Gasteiger partial charge in [-0.25, -0.2) is 8.78 Å². The third-order valence-corrected chi connectivity index (χ3v) is 2.41. The van der Waals surface area contributed by atoms with Gasteiger partial charge in [-0.3, -0.25) is 0 Å². The molecule has 3 N–H and O–H groups in total. The van der Waals surface area contributed by atoms with Gasteiger partial charge in [-0.15, -0.1) is 0 Å². The fourth-order valence-corrected chi connectivity index (χ4v) is 1.45. The Morgan fingerprint density at radius 3 is 2.31 bits per heavy atom. The number of nitrogens with two attached hydrogens (primary N) is 1. The van der Waals surface area contributed by atoms with Crippen LogP contribution >= 0.6 is 0 Å². The van der Waals surface area contributed by atoms with E-state index in [1.807, 2.05) is 0 Å². The molecule has 2 nitrogen and oxygen atoms in total. The Morgan fingerprint density at radius 1 is 1.31 bits per heavy atom. The van der Waals surface area contributed by atoms with Crippen molar-refractivity contribution in [2.45, 2.75) is 17.9 Å². The average molecular weight is 185 g/mol. The lowest BCUT2D eigenvalue weighted by Gasteiger charge is -2.11. The summed E-state index contributed by atoms with van der Waals surface area (Å²) < 4.78 is 25.6. The van der Waals surface area contributed by atoms with Gasteiger partial charge in [0.25, 0.3) is 5.92 Å². The molecular formula is C9H9F2NO. The molecule has 1 fully saturated rings. The van der Waals surface area contributed by atoms with Gasteiger partial charge < -0.3 is 10.8 Å². The largest absolute Gasteiger partial charge is 0.508 e. The zero-order chi connectivity index (χ0) is 9.69. The Kier molecular flexibility index (Phi) is 1.43. The van der Waals surface area contributed by atoms with Crippen molar-refractivity contribution in [3.05, 3.63) is 29.8 Å². The Labute approximate surface area is 74.0 Å². The molecule has 0 amide bonds. The van der Waals surface area contributed by atoms with Crippen LogP contribution in [-0.4, -0.2) is 11.0 Å². The van der Waals surface area contributed by atoms with E-state index >= 15 is 0 Å². The van der Waals surface area contributed by atoms with Crippen molar-refractivity contribution in [3.63, 3.8) is 0 Å². The summed E-state index contributed by atoms with van der Waals surface area (Å²) in [4.78, 5) is 0. The predicted molar refractivity (Wildman–Crippen MR) is 43.5 cm³/mol. The summed E-state index contributed by atoms with van der Waals surface area (Å²) in [6, 6.07) is 5.94. The van der Waals surface area contributed by atoms with Crippen LogP contribution in [0.1, 0.15) is 12.0 Å². The number of aromatic hydroxyl groups is 1. The van der Waals surface area contributed by atoms with Crippen molar-refractivity contribution < 1.29 is 13.9 Å².